The van der Waals surface area contributed by atoms with Gasteiger partial charge in [0.2, 0.25) is 5.91 Å². The average Bonchev–Trinajstić information content (AvgIpc) is 2.84. The fourth-order valence-electron chi connectivity index (χ4n) is 3.04. The van der Waals surface area contributed by atoms with E-state index in [1.54, 1.807) is 42.5 Å². The third-order valence-corrected chi connectivity index (χ3v) is 5.28. The Morgan fingerprint density at radius 3 is 2.32 bits per heavy atom. The van der Waals surface area contributed by atoms with Crippen LogP contribution in [0.4, 0.5) is 0 Å². The molecule has 0 saturated heterocycles. The normalized spacial score (nSPS) is 11.6. The molecule has 1 atom stereocenters. The van der Waals surface area contributed by atoms with Gasteiger partial charge in [0.25, 0.3) is 11.8 Å². The van der Waals surface area contributed by atoms with E-state index in [1.807, 2.05) is 36.4 Å². The zero-order valence-electron chi connectivity index (χ0n) is 18.1. The summed E-state index contributed by atoms with van der Waals surface area (Å²) in [5, 5.41) is 6.92. The molecule has 0 saturated carbocycles. The molecular weight excluding hydrogens is 500 g/mol. The number of carbonyl (C=O) groups is 3. The molecule has 4 N–H and O–H groups in total. The van der Waals surface area contributed by atoms with Crippen molar-refractivity contribution in [2.45, 2.75) is 12.5 Å². The van der Waals surface area contributed by atoms with E-state index in [4.69, 9.17) is 10.5 Å². The van der Waals surface area contributed by atoms with Crippen molar-refractivity contribution < 1.29 is 19.1 Å². The summed E-state index contributed by atoms with van der Waals surface area (Å²) in [6, 6.07) is 22.6. The molecule has 3 amide bonds. The quantitative estimate of drug-likeness (QED) is 0.279. The van der Waals surface area contributed by atoms with E-state index in [0.717, 1.165) is 5.56 Å². The standard InChI is InChI=1S/C25H23BrN4O4/c26-20-13-17(11-12-22(20)34-16-23(27)31)15-28-30-24(32)14-21(18-7-3-1-4-8-18)29-25(33)19-9-5-2-6-10-19/h1-13,15,21H,14,16H2,(H2,27,31)(H,29,33)(H,30,32)/b28-15-/t21-/m1/s1. The zero-order chi connectivity index (χ0) is 24.3. The number of nitrogens with one attached hydrogen (secondary N) is 2. The molecule has 0 aliphatic carbocycles. The van der Waals surface area contributed by atoms with Crippen LogP contribution in [-0.2, 0) is 9.59 Å². The number of halogens is 1. The summed E-state index contributed by atoms with van der Waals surface area (Å²) in [5.41, 5.74) is 9.58. The lowest BCUT2D eigenvalue weighted by Crippen LogP contribution is -2.32. The molecule has 0 aliphatic rings. The number of nitrogens with two attached hydrogens (primary N) is 1. The number of carbonyl (C=O) groups excluding carboxylic acids is 3. The van der Waals surface area contributed by atoms with E-state index in [1.165, 1.54) is 6.21 Å². The highest BCUT2D eigenvalue weighted by Crippen LogP contribution is 2.25. The molecule has 0 spiro atoms. The van der Waals surface area contributed by atoms with Gasteiger partial charge >= 0.3 is 0 Å². The monoisotopic (exact) mass is 522 g/mol. The van der Waals surface area contributed by atoms with Crippen molar-refractivity contribution in [3.63, 3.8) is 0 Å². The minimum atomic E-state index is -0.575. The smallest absolute Gasteiger partial charge is 0.255 e. The molecule has 0 unspecified atom stereocenters. The third-order valence-electron chi connectivity index (χ3n) is 4.66. The zero-order valence-corrected chi connectivity index (χ0v) is 19.7. The van der Waals surface area contributed by atoms with Gasteiger partial charge in [-0.1, -0.05) is 48.5 Å². The number of ether oxygens (including phenoxy) is 1. The van der Waals surface area contributed by atoms with Gasteiger partial charge in [-0.2, -0.15) is 5.10 Å². The Hall–Kier alpha value is -3.98. The van der Waals surface area contributed by atoms with Gasteiger partial charge in [0.15, 0.2) is 6.61 Å². The van der Waals surface area contributed by atoms with Gasteiger partial charge < -0.3 is 15.8 Å². The molecule has 174 valence electrons. The predicted molar refractivity (Wildman–Crippen MR) is 132 cm³/mol. The van der Waals surface area contributed by atoms with Crippen molar-refractivity contribution in [1.82, 2.24) is 10.7 Å². The first-order valence-electron chi connectivity index (χ1n) is 10.4. The Labute approximate surface area is 205 Å². The number of hydrogen-bond donors (Lipinski definition) is 3. The molecule has 3 aromatic rings. The van der Waals surface area contributed by atoms with Crippen LogP contribution < -0.4 is 21.2 Å². The number of benzene rings is 3. The van der Waals surface area contributed by atoms with Crippen molar-refractivity contribution in [3.8, 4) is 5.75 Å². The molecular formula is C25H23BrN4O4. The van der Waals surface area contributed by atoms with Crippen LogP contribution in [-0.4, -0.2) is 30.5 Å². The van der Waals surface area contributed by atoms with Gasteiger partial charge in [0, 0.05) is 5.56 Å². The van der Waals surface area contributed by atoms with Crippen molar-refractivity contribution in [3.05, 3.63) is 100 Å². The number of primary amides is 1. The Morgan fingerprint density at radius 2 is 1.68 bits per heavy atom. The molecule has 3 aromatic carbocycles. The molecule has 8 nitrogen and oxygen atoms in total. The summed E-state index contributed by atoms with van der Waals surface area (Å²) in [7, 11) is 0. The Kier molecular flexibility index (Phi) is 8.93. The lowest BCUT2D eigenvalue weighted by atomic mass is 10.0. The van der Waals surface area contributed by atoms with Crippen molar-refractivity contribution in [2.75, 3.05) is 6.61 Å². The third kappa shape index (κ3) is 7.56. The molecule has 0 aliphatic heterocycles. The number of hydrogen-bond acceptors (Lipinski definition) is 5. The summed E-state index contributed by atoms with van der Waals surface area (Å²) in [4.78, 5) is 36.0. The maximum atomic E-state index is 12.6. The second kappa shape index (κ2) is 12.3. The van der Waals surface area contributed by atoms with Crippen LogP contribution in [0.5, 0.6) is 5.75 Å². The second-order valence-corrected chi connectivity index (χ2v) is 8.10. The van der Waals surface area contributed by atoms with E-state index in [-0.39, 0.29) is 24.8 Å². The van der Waals surface area contributed by atoms with Crippen molar-refractivity contribution >= 4 is 39.9 Å². The Bertz CT molecular complexity index is 1170. The second-order valence-electron chi connectivity index (χ2n) is 7.24. The van der Waals surface area contributed by atoms with Crippen LogP contribution >= 0.6 is 15.9 Å². The van der Waals surface area contributed by atoms with Crippen LogP contribution in [0, 0.1) is 0 Å². The van der Waals surface area contributed by atoms with Crippen molar-refractivity contribution in [2.24, 2.45) is 10.8 Å². The number of hydrazone groups is 1. The first kappa shape index (κ1) is 24.7. The highest BCUT2D eigenvalue weighted by molar-refractivity contribution is 9.10. The predicted octanol–water partition coefficient (Wildman–Crippen LogP) is 3.32. The molecule has 0 fully saturated rings. The van der Waals surface area contributed by atoms with E-state index in [0.29, 0.717) is 21.3 Å². The average molecular weight is 523 g/mol. The maximum absolute atomic E-state index is 12.6. The van der Waals surface area contributed by atoms with Gasteiger partial charge in [-0.15, -0.1) is 0 Å². The fourth-order valence-corrected chi connectivity index (χ4v) is 3.55. The van der Waals surface area contributed by atoms with Gasteiger partial charge in [-0.3, -0.25) is 14.4 Å². The summed E-state index contributed by atoms with van der Waals surface area (Å²) in [6.45, 7) is -0.231. The number of amides is 3. The molecule has 0 radical (unpaired) electrons. The molecule has 9 heteroatoms. The minimum absolute atomic E-state index is 0.00349. The molecule has 0 aromatic heterocycles. The van der Waals surface area contributed by atoms with Crippen LogP contribution in [0.3, 0.4) is 0 Å². The molecule has 3 rings (SSSR count). The molecule has 0 heterocycles. The summed E-state index contributed by atoms with van der Waals surface area (Å²) < 4.78 is 5.88. The van der Waals surface area contributed by atoms with Crippen LogP contribution in [0.15, 0.2) is 88.4 Å². The first-order valence-corrected chi connectivity index (χ1v) is 11.1. The molecule has 34 heavy (non-hydrogen) atoms. The SMILES string of the molecule is NC(=O)COc1ccc(/C=N\NC(=O)C[C@@H](NC(=O)c2ccccc2)c2ccccc2)cc1Br. The maximum Gasteiger partial charge on any atom is 0.255 e. The first-order chi connectivity index (χ1) is 16.4. The van der Waals surface area contributed by atoms with Gasteiger partial charge in [0.05, 0.1) is 23.1 Å². The Balaban J connectivity index is 1.62. The Morgan fingerprint density at radius 1 is 1.00 bits per heavy atom. The van der Waals surface area contributed by atoms with E-state index in [2.05, 4.69) is 31.8 Å². The van der Waals surface area contributed by atoms with Crippen LogP contribution in [0.2, 0.25) is 0 Å². The summed E-state index contributed by atoms with van der Waals surface area (Å²) in [5.74, 6) is -0.748. The van der Waals surface area contributed by atoms with Crippen molar-refractivity contribution in [1.29, 1.82) is 0 Å². The summed E-state index contributed by atoms with van der Waals surface area (Å²) >= 11 is 3.35. The lowest BCUT2D eigenvalue weighted by molar-refractivity contribution is -0.121. The van der Waals surface area contributed by atoms with E-state index in [9.17, 15) is 14.4 Å². The number of nitrogens with zero attached hydrogens (tertiary/aromatic N) is 1. The topological polar surface area (TPSA) is 123 Å². The van der Waals surface area contributed by atoms with E-state index >= 15 is 0 Å². The molecule has 0 bridgehead atoms. The summed E-state index contributed by atoms with van der Waals surface area (Å²) in [6.07, 6.45) is 1.48. The highest BCUT2D eigenvalue weighted by Gasteiger charge is 2.19. The van der Waals surface area contributed by atoms with Gasteiger partial charge in [-0.05, 0) is 57.4 Å². The fraction of sp³-hybridized carbons (Fsp3) is 0.120. The highest BCUT2D eigenvalue weighted by atomic mass is 79.9. The van der Waals surface area contributed by atoms with Crippen LogP contribution in [0.25, 0.3) is 0 Å². The van der Waals surface area contributed by atoms with E-state index < -0.39 is 11.9 Å². The number of rotatable bonds is 10. The van der Waals surface area contributed by atoms with Gasteiger partial charge in [0.1, 0.15) is 5.75 Å². The lowest BCUT2D eigenvalue weighted by Gasteiger charge is -2.18. The van der Waals surface area contributed by atoms with Crippen LogP contribution in [0.1, 0.15) is 33.9 Å². The van der Waals surface area contributed by atoms with Gasteiger partial charge in [-0.25, -0.2) is 5.43 Å². The minimum Gasteiger partial charge on any atom is -0.483 e. The largest absolute Gasteiger partial charge is 0.483 e.